The quantitative estimate of drug-likeness (QED) is 0.206. The lowest BCUT2D eigenvalue weighted by Gasteiger charge is -2.24. The van der Waals surface area contributed by atoms with E-state index in [1.807, 2.05) is 13.8 Å². The summed E-state index contributed by atoms with van der Waals surface area (Å²) in [5.41, 5.74) is 1.28. The van der Waals surface area contributed by atoms with Gasteiger partial charge < -0.3 is 4.74 Å². The summed E-state index contributed by atoms with van der Waals surface area (Å²) < 4.78 is 36.9. The predicted molar refractivity (Wildman–Crippen MR) is 105 cm³/mol. The van der Waals surface area contributed by atoms with Crippen molar-refractivity contribution in [1.29, 1.82) is 0 Å². The van der Waals surface area contributed by atoms with E-state index in [0.717, 1.165) is 24.0 Å². The van der Waals surface area contributed by atoms with E-state index in [0.29, 0.717) is 19.4 Å². The summed E-state index contributed by atoms with van der Waals surface area (Å²) in [5.74, 6) is -0.527. The van der Waals surface area contributed by atoms with E-state index in [9.17, 15) is 13.2 Å². The highest BCUT2D eigenvalue weighted by Crippen LogP contribution is 2.44. The van der Waals surface area contributed by atoms with E-state index in [4.69, 9.17) is 9.29 Å². The van der Waals surface area contributed by atoms with Crippen molar-refractivity contribution in [3.05, 3.63) is 11.1 Å². The molecule has 1 unspecified atom stereocenters. The Morgan fingerprint density at radius 1 is 1.12 bits per heavy atom. The van der Waals surface area contributed by atoms with Crippen LogP contribution in [0, 0.1) is 5.41 Å². The second-order valence-electron chi connectivity index (χ2n) is 7.89. The monoisotopic (exact) mass is 388 g/mol. The third-order valence-corrected chi connectivity index (χ3v) is 6.54. The number of hydrogen-bond donors (Lipinski definition) is 1. The van der Waals surface area contributed by atoms with Crippen molar-refractivity contribution >= 4 is 16.1 Å². The second-order valence-corrected chi connectivity index (χ2v) is 9.34. The Labute approximate surface area is 159 Å². The van der Waals surface area contributed by atoms with Crippen LogP contribution >= 0.6 is 0 Å². The molecular formula is C20H36O5S. The van der Waals surface area contributed by atoms with Crippen molar-refractivity contribution < 1.29 is 22.5 Å². The van der Waals surface area contributed by atoms with Crippen molar-refractivity contribution in [3.63, 3.8) is 0 Å². The highest BCUT2D eigenvalue weighted by molar-refractivity contribution is 7.85. The molecule has 1 aliphatic rings. The molecule has 0 spiro atoms. The SMILES string of the molecule is CCCCCCCCCCOC(=O)CC1=C(C)C(C)(CS(=O)(=O)O)CC1. The lowest BCUT2D eigenvalue weighted by Crippen LogP contribution is -2.25. The first-order valence-corrected chi connectivity index (χ1v) is 11.6. The molecule has 0 radical (unpaired) electrons. The van der Waals surface area contributed by atoms with Gasteiger partial charge in [-0.15, -0.1) is 0 Å². The van der Waals surface area contributed by atoms with E-state index >= 15 is 0 Å². The summed E-state index contributed by atoms with van der Waals surface area (Å²) in [6.45, 7) is 6.36. The third-order valence-electron chi connectivity index (χ3n) is 5.53. The van der Waals surface area contributed by atoms with Gasteiger partial charge in [-0.05, 0) is 26.2 Å². The van der Waals surface area contributed by atoms with Crippen LogP contribution in [-0.4, -0.2) is 31.3 Å². The molecule has 0 fully saturated rings. The third kappa shape index (κ3) is 8.67. The number of unbranched alkanes of at least 4 members (excludes halogenated alkanes) is 7. The van der Waals surface area contributed by atoms with Crippen LogP contribution in [0.3, 0.4) is 0 Å². The van der Waals surface area contributed by atoms with Gasteiger partial charge >= 0.3 is 5.97 Å². The summed E-state index contributed by atoms with van der Waals surface area (Å²) in [5, 5.41) is 0. The van der Waals surface area contributed by atoms with Gasteiger partial charge in [0.1, 0.15) is 0 Å². The number of rotatable bonds is 13. The Kier molecular flexibility index (Phi) is 9.86. The van der Waals surface area contributed by atoms with Crippen molar-refractivity contribution in [2.24, 2.45) is 5.41 Å². The van der Waals surface area contributed by atoms with E-state index < -0.39 is 15.5 Å². The Morgan fingerprint density at radius 2 is 1.69 bits per heavy atom. The smallest absolute Gasteiger partial charge is 0.309 e. The minimum atomic E-state index is -4.03. The molecule has 0 bridgehead atoms. The maximum Gasteiger partial charge on any atom is 0.309 e. The average molecular weight is 389 g/mol. The topological polar surface area (TPSA) is 80.7 Å². The molecule has 5 nitrogen and oxygen atoms in total. The Hall–Kier alpha value is -0.880. The minimum absolute atomic E-state index is 0.226. The maximum absolute atomic E-state index is 12.0. The molecule has 0 aliphatic heterocycles. The van der Waals surface area contributed by atoms with Crippen molar-refractivity contribution in [2.75, 3.05) is 12.4 Å². The summed E-state index contributed by atoms with van der Waals surface area (Å²) >= 11 is 0. The van der Waals surface area contributed by atoms with E-state index in [1.165, 1.54) is 38.5 Å². The van der Waals surface area contributed by atoms with Crippen LogP contribution in [0.15, 0.2) is 11.1 Å². The van der Waals surface area contributed by atoms with Gasteiger partial charge in [0.15, 0.2) is 0 Å². The van der Waals surface area contributed by atoms with E-state index in [2.05, 4.69) is 6.92 Å². The van der Waals surface area contributed by atoms with E-state index in [1.54, 1.807) is 0 Å². The first kappa shape index (κ1) is 23.2. The number of hydrogen-bond acceptors (Lipinski definition) is 4. The number of esters is 1. The van der Waals surface area contributed by atoms with Crippen molar-refractivity contribution in [1.82, 2.24) is 0 Å². The fourth-order valence-corrected chi connectivity index (χ4v) is 4.85. The van der Waals surface area contributed by atoms with Crippen LogP contribution in [0.5, 0.6) is 0 Å². The van der Waals surface area contributed by atoms with Gasteiger partial charge in [-0.25, -0.2) is 0 Å². The first-order valence-electron chi connectivity index (χ1n) is 9.98. The van der Waals surface area contributed by atoms with Gasteiger partial charge in [0.05, 0.1) is 18.8 Å². The molecular weight excluding hydrogens is 352 g/mol. The molecule has 26 heavy (non-hydrogen) atoms. The lowest BCUT2D eigenvalue weighted by molar-refractivity contribution is -0.142. The molecule has 1 N–H and O–H groups in total. The molecule has 0 aromatic heterocycles. The summed E-state index contributed by atoms with van der Waals surface area (Å²) in [6.07, 6.45) is 11.2. The molecule has 0 aromatic carbocycles. The highest BCUT2D eigenvalue weighted by atomic mass is 32.2. The van der Waals surface area contributed by atoms with Crippen LogP contribution in [0.4, 0.5) is 0 Å². The molecule has 0 saturated heterocycles. The predicted octanol–water partition coefficient (Wildman–Crippen LogP) is 5.06. The average Bonchev–Trinajstić information content (AvgIpc) is 2.79. The van der Waals surface area contributed by atoms with Crippen molar-refractivity contribution in [2.45, 2.75) is 91.4 Å². The zero-order chi connectivity index (χ0) is 19.6. The first-order chi connectivity index (χ1) is 12.2. The van der Waals surface area contributed by atoms with Gasteiger partial charge in [-0.2, -0.15) is 8.42 Å². The van der Waals surface area contributed by atoms with Crippen LogP contribution in [0.1, 0.15) is 91.4 Å². The van der Waals surface area contributed by atoms with Crippen LogP contribution in [-0.2, 0) is 19.6 Å². The zero-order valence-electron chi connectivity index (χ0n) is 16.7. The second kappa shape index (κ2) is 11.1. The standard InChI is InChI=1S/C20H36O5S/c1-4-5-6-7-8-9-10-11-14-25-19(21)15-18-12-13-20(3,17(18)2)16-26(22,23)24/h4-16H2,1-3H3,(H,22,23,24). The molecule has 152 valence electrons. The highest BCUT2D eigenvalue weighted by Gasteiger charge is 2.38. The van der Waals surface area contributed by atoms with Crippen LogP contribution < -0.4 is 0 Å². The Morgan fingerprint density at radius 3 is 2.27 bits per heavy atom. The van der Waals surface area contributed by atoms with Crippen molar-refractivity contribution in [3.8, 4) is 0 Å². The number of carbonyl (C=O) groups is 1. The normalized spacial score (nSPS) is 20.6. The molecule has 1 aliphatic carbocycles. The molecule has 0 amide bonds. The molecule has 0 aromatic rings. The molecule has 0 saturated carbocycles. The zero-order valence-corrected chi connectivity index (χ0v) is 17.5. The maximum atomic E-state index is 12.0. The van der Waals surface area contributed by atoms with Gasteiger partial charge in [0.2, 0.25) is 0 Å². The van der Waals surface area contributed by atoms with Gasteiger partial charge in [0, 0.05) is 5.41 Å². The molecule has 6 heteroatoms. The largest absolute Gasteiger partial charge is 0.465 e. The summed E-state index contributed by atoms with van der Waals surface area (Å²) in [4.78, 5) is 12.0. The number of allylic oxidation sites excluding steroid dienone is 1. The van der Waals surface area contributed by atoms with Gasteiger partial charge in [-0.3, -0.25) is 9.35 Å². The fraction of sp³-hybridized carbons (Fsp3) is 0.850. The Balaban J connectivity index is 2.26. The van der Waals surface area contributed by atoms with Crippen LogP contribution in [0.2, 0.25) is 0 Å². The molecule has 0 heterocycles. The number of ether oxygens (including phenoxy) is 1. The Bertz CT molecular complexity index is 579. The van der Waals surface area contributed by atoms with E-state index in [-0.39, 0.29) is 18.1 Å². The van der Waals surface area contributed by atoms with Crippen LogP contribution in [0.25, 0.3) is 0 Å². The lowest BCUT2D eigenvalue weighted by atomic mass is 9.86. The summed E-state index contributed by atoms with van der Waals surface area (Å²) in [7, 11) is -4.03. The number of carbonyl (C=O) groups excluding carboxylic acids is 1. The van der Waals surface area contributed by atoms with Gasteiger partial charge in [-0.1, -0.05) is 69.9 Å². The minimum Gasteiger partial charge on any atom is -0.465 e. The molecule has 1 rings (SSSR count). The summed E-state index contributed by atoms with van der Waals surface area (Å²) in [6, 6.07) is 0. The van der Waals surface area contributed by atoms with Gasteiger partial charge in [0.25, 0.3) is 10.1 Å². The molecule has 1 atom stereocenters. The fourth-order valence-electron chi connectivity index (χ4n) is 3.68.